The average Bonchev–Trinajstić information content (AvgIpc) is 3.23. The van der Waals surface area contributed by atoms with Crippen LogP contribution >= 0.6 is 12.4 Å². The highest BCUT2D eigenvalue weighted by atomic mass is 35.5. The Morgan fingerprint density at radius 3 is 2.81 bits per heavy atom. The first-order valence-electron chi connectivity index (χ1n) is 9.49. The Labute approximate surface area is 166 Å². The third-order valence-electron chi connectivity index (χ3n) is 5.31. The number of amides is 1. The van der Waals surface area contributed by atoms with E-state index < -0.39 is 0 Å². The number of aromatic nitrogens is 1. The SMILES string of the molecule is Cl.O=C(c1ccc2ccccc2n1)N(CCN1CCOCC1)C1CCNC1. The van der Waals surface area contributed by atoms with Gasteiger partial charge in [-0.3, -0.25) is 9.69 Å². The molecule has 0 aliphatic carbocycles. The molecule has 0 spiro atoms. The number of nitrogens with zero attached hydrogens (tertiary/aromatic N) is 3. The van der Waals surface area contributed by atoms with E-state index in [4.69, 9.17) is 4.74 Å². The summed E-state index contributed by atoms with van der Waals surface area (Å²) < 4.78 is 5.42. The van der Waals surface area contributed by atoms with Gasteiger partial charge < -0.3 is 15.0 Å². The molecule has 3 heterocycles. The van der Waals surface area contributed by atoms with Crippen molar-refractivity contribution in [2.45, 2.75) is 12.5 Å². The Balaban J connectivity index is 0.00000210. The smallest absolute Gasteiger partial charge is 0.272 e. The predicted octanol–water partition coefficient (Wildman–Crippen LogP) is 1.79. The molecule has 1 unspecified atom stereocenters. The number of halogens is 1. The summed E-state index contributed by atoms with van der Waals surface area (Å²) in [5, 5.41) is 4.44. The van der Waals surface area contributed by atoms with Gasteiger partial charge in [-0.05, 0) is 25.1 Å². The number of morpholine rings is 1. The molecule has 6 nitrogen and oxygen atoms in total. The normalized spacial score (nSPS) is 20.4. The Kier molecular flexibility index (Phi) is 7.01. The summed E-state index contributed by atoms with van der Waals surface area (Å²) in [6.07, 6.45) is 1.00. The molecule has 1 N–H and O–H groups in total. The fraction of sp³-hybridized carbons (Fsp3) is 0.500. The molecule has 0 radical (unpaired) electrons. The minimum atomic E-state index is 0. The number of nitrogens with one attached hydrogen (secondary N) is 1. The lowest BCUT2D eigenvalue weighted by molar-refractivity contribution is 0.0300. The lowest BCUT2D eigenvalue weighted by Gasteiger charge is -2.32. The van der Waals surface area contributed by atoms with Crippen LogP contribution < -0.4 is 5.32 Å². The van der Waals surface area contributed by atoms with Crippen molar-refractivity contribution < 1.29 is 9.53 Å². The van der Waals surface area contributed by atoms with Crippen molar-refractivity contribution >= 4 is 29.2 Å². The maximum atomic E-state index is 13.2. The highest BCUT2D eigenvalue weighted by Crippen LogP contribution is 2.16. The Bertz CT molecular complexity index is 760. The number of ether oxygens (including phenoxy) is 1. The van der Waals surface area contributed by atoms with E-state index in [1.54, 1.807) is 0 Å². The van der Waals surface area contributed by atoms with Crippen LogP contribution in [-0.2, 0) is 4.74 Å². The number of pyridine rings is 1. The molecule has 0 bridgehead atoms. The van der Waals surface area contributed by atoms with E-state index in [2.05, 4.69) is 15.2 Å². The van der Waals surface area contributed by atoms with Gasteiger partial charge in [0.2, 0.25) is 0 Å². The van der Waals surface area contributed by atoms with Gasteiger partial charge in [0.1, 0.15) is 5.69 Å². The Morgan fingerprint density at radius 2 is 2.04 bits per heavy atom. The molecule has 2 aliphatic rings. The Morgan fingerprint density at radius 1 is 1.22 bits per heavy atom. The largest absolute Gasteiger partial charge is 0.379 e. The van der Waals surface area contributed by atoms with Crippen LogP contribution in [0.5, 0.6) is 0 Å². The first-order chi connectivity index (χ1) is 12.8. The molecule has 7 heteroatoms. The van der Waals surface area contributed by atoms with E-state index >= 15 is 0 Å². The van der Waals surface area contributed by atoms with Crippen LogP contribution in [0.15, 0.2) is 36.4 Å². The standard InChI is InChI=1S/C20H26N4O2.ClH/c25-20(19-6-5-16-3-1-2-4-18(16)22-19)24(17-7-8-21-15-17)10-9-23-11-13-26-14-12-23;/h1-6,17,21H,7-15H2;1H. The van der Waals surface area contributed by atoms with Crippen molar-refractivity contribution in [3.8, 4) is 0 Å². The molecule has 0 saturated carbocycles. The zero-order valence-electron chi connectivity index (χ0n) is 15.5. The van der Waals surface area contributed by atoms with Gasteiger partial charge in [0, 0.05) is 44.2 Å². The monoisotopic (exact) mass is 390 g/mol. The second kappa shape index (κ2) is 9.46. The van der Waals surface area contributed by atoms with Gasteiger partial charge in [-0.1, -0.05) is 24.3 Å². The van der Waals surface area contributed by atoms with Crippen LogP contribution in [0.4, 0.5) is 0 Å². The fourth-order valence-electron chi connectivity index (χ4n) is 3.76. The van der Waals surface area contributed by atoms with Gasteiger partial charge in [0.05, 0.1) is 18.7 Å². The van der Waals surface area contributed by atoms with Crippen molar-refractivity contribution in [1.29, 1.82) is 0 Å². The number of hydrogen-bond donors (Lipinski definition) is 1. The maximum Gasteiger partial charge on any atom is 0.272 e. The van der Waals surface area contributed by atoms with Crippen molar-refractivity contribution in [2.24, 2.45) is 0 Å². The van der Waals surface area contributed by atoms with Crippen LogP contribution in [-0.4, -0.2) is 79.2 Å². The van der Waals surface area contributed by atoms with E-state index in [1.165, 1.54) is 0 Å². The molecule has 4 rings (SSSR count). The quantitative estimate of drug-likeness (QED) is 0.843. The molecule has 2 aliphatic heterocycles. The van der Waals surface area contributed by atoms with Crippen LogP contribution in [0, 0.1) is 0 Å². The molecule has 1 amide bonds. The summed E-state index contributed by atoms with van der Waals surface area (Å²) >= 11 is 0. The summed E-state index contributed by atoms with van der Waals surface area (Å²) in [4.78, 5) is 22.3. The first kappa shape index (κ1) is 20.0. The average molecular weight is 391 g/mol. The first-order valence-corrected chi connectivity index (χ1v) is 9.49. The third kappa shape index (κ3) is 4.76. The third-order valence-corrected chi connectivity index (χ3v) is 5.31. The van der Waals surface area contributed by atoms with Crippen molar-refractivity contribution in [2.75, 3.05) is 52.5 Å². The van der Waals surface area contributed by atoms with E-state index in [0.717, 1.165) is 69.8 Å². The number of hydrogen-bond acceptors (Lipinski definition) is 5. The number of carbonyl (C=O) groups is 1. The number of benzene rings is 1. The van der Waals surface area contributed by atoms with Crippen molar-refractivity contribution in [3.05, 3.63) is 42.1 Å². The zero-order valence-corrected chi connectivity index (χ0v) is 16.3. The second-order valence-electron chi connectivity index (χ2n) is 6.99. The summed E-state index contributed by atoms with van der Waals surface area (Å²) in [5.74, 6) is 0.0395. The highest BCUT2D eigenvalue weighted by Gasteiger charge is 2.28. The molecule has 1 aromatic heterocycles. The zero-order chi connectivity index (χ0) is 17.8. The molecule has 146 valence electrons. The highest BCUT2D eigenvalue weighted by molar-refractivity contribution is 5.95. The van der Waals surface area contributed by atoms with E-state index in [9.17, 15) is 4.79 Å². The van der Waals surface area contributed by atoms with Crippen LogP contribution in [0.2, 0.25) is 0 Å². The van der Waals surface area contributed by atoms with Gasteiger partial charge in [0.25, 0.3) is 5.91 Å². The fourth-order valence-corrected chi connectivity index (χ4v) is 3.76. The predicted molar refractivity (Wildman–Crippen MR) is 109 cm³/mol. The molecule has 27 heavy (non-hydrogen) atoms. The van der Waals surface area contributed by atoms with Crippen LogP contribution in [0.3, 0.4) is 0 Å². The van der Waals surface area contributed by atoms with Crippen molar-refractivity contribution in [1.82, 2.24) is 20.1 Å². The summed E-state index contributed by atoms with van der Waals surface area (Å²) in [7, 11) is 0. The number of rotatable bonds is 5. The lowest BCUT2D eigenvalue weighted by atomic mass is 10.1. The topological polar surface area (TPSA) is 57.7 Å². The molecule has 1 aromatic carbocycles. The molecular formula is C20H27ClN4O2. The van der Waals surface area contributed by atoms with Crippen molar-refractivity contribution in [3.63, 3.8) is 0 Å². The van der Waals surface area contributed by atoms with Gasteiger partial charge >= 0.3 is 0 Å². The number of fused-ring (bicyclic) bond motifs is 1. The lowest BCUT2D eigenvalue weighted by Crippen LogP contribution is -2.47. The van der Waals surface area contributed by atoms with Crippen LogP contribution in [0.1, 0.15) is 16.9 Å². The molecule has 2 aromatic rings. The van der Waals surface area contributed by atoms with E-state index in [-0.39, 0.29) is 24.4 Å². The summed E-state index contributed by atoms with van der Waals surface area (Å²) in [6, 6.07) is 12.0. The summed E-state index contributed by atoms with van der Waals surface area (Å²) in [5.41, 5.74) is 1.41. The van der Waals surface area contributed by atoms with Gasteiger partial charge in [-0.15, -0.1) is 12.4 Å². The van der Waals surface area contributed by atoms with Gasteiger partial charge in [-0.2, -0.15) is 0 Å². The Hall–Kier alpha value is -1.73. The van der Waals surface area contributed by atoms with Gasteiger partial charge in [-0.25, -0.2) is 4.98 Å². The molecule has 1 atom stereocenters. The summed E-state index contributed by atoms with van der Waals surface area (Å²) in [6.45, 7) is 6.91. The second-order valence-corrected chi connectivity index (χ2v) is 6.99. The van der Waals surface area contributed by atoms with E-state index in [1.807, 2.05) is 41.3 Å². The maximum absolute atomic E-state index is 13.2. The number of carbonyl (C=O) groups excluding carboxylic acids is 1. The number of para-hydroxylation sites is 1. The minimum absolute atomic E-state index is 0. The van der Waals surface area contributed by atoms with Gasteiger partial charge in [0.15, 0.2) is 0 Å². The molecular weight excluding hydrogens is 364 g/mol. The van der Waals surface area contributed by atoms with Crippen LogP contribution in [0.25, 0.3) is 10.9 Å². The molecule has 2 saturated heterocycles. The van der Waals surface area contributed by atoms with E-state index in [0.29, 0.717) is 5.69 Å². The molecule has 2 fully saturated rings. The minimum Gasteiger partial charge on any atom is -0.379 e.